The van der Waals surface area contributed by atoms with Gasteiger partial charge in [-0.15, -0.1) is 0 Å². The number of amides is 2. The molecule has 0 unspecified atom stereocenters. The molecule has 0 aliphatic heterocycles. The molecular weight excluding hydrogens is 340 g/mol. The Labute approximate surface area is 152 Å². The van der Waals surface area contributed by atoms with Crippen molar-refractivity contribution in [2.24, 2.45) is 7.05 Å². The summed E-state index contributed by atoms with van der Waals surface area (Å²) in [5.74, 6) is 1.15. The van der Waals surface area contributed by atoms with Crippen LogP contribution in [0.15, 0.2) is 34.1 Å². The zero-order valence-electron chi connectivity index (χ0n) is 15.1. The van der Waals surface area contributed by atoms with Gasteiger partial charge in [0.05, 0.1) is 12.3 Å². The van der Waals surface area contributed by atoms with Gasteiger partial charge in [-0.25, -0.2) is 4.98 Å². The first-order chi connectivity index (χ1) is 12.0. The molecule has 0 aliphatic carbocycles. The number of rotatable bonds is 8. The van der Waals surface area contributed by atoms with Crippen molar-refractivity contribution in [2.75, 3.05) is 26.7 Å². The lowest BCUT2D eigenvalue weighted by Crippen LogP contribution is -2.40. The number of aryl methyl sites for hydroxylation is 1. The van der Waals surface area contributed by atoms with Gasteiger partial charge in [0.2, 0.25) is 5.91 Å². The van der Waals surface area contributed by atoms with Crippen molar-refractivity contribution < 1.29 is 14.0 Å². The molecule has 0 spiro atoms. The van der Waals surface area contributed by atoms with Gasteiger partial charge in [-0.2, -0.15) is 0 Å². The first-order valence-corrected chi connectivity index (χ1v) is 9.16. The minimum absolute atomic E-state index is 0.0402. The average molecular weight is 364 g/mol. The van der Waals surface area contributed by atoms with E-state index in [1.165, 1.54) is 16.7 Å². The molecule has 0 saturated heterocycles. The second kappa shape index (κ2) is 8.75. The highest BCUT2D eigenvalue weighted by atomic mass is 32.2. The fraction of sp³-hybridized carbons (Fsp3) is 0.471. The van der Waals surface area contributed by atoms with E-state index in [1.807, 2.05) is 31.7 Å². The molecule has 2 rings (SSSR count). The summed E-state index contributed by atoms with van der Waals surface area (Å²) in [6.45, 7) is 5.14. The standard InChI is InChI=1S/C17H24N4O3S/c1-5-21(6-2)15(22)11-20(4)16(23)14-8-7-13(24-14)12-25-17-18-9-10-19(17)3/h7-10H,5-6,11-12H2,1-4H3. The lowest BCUT2D eigenvalue weighted by molar-refractivity contribution is -0.131. The molecule has 0 saturated carbocycles. The quantitative estimate of drug-likeness (QED) is 0.672. The zero-order valence-corrected chi connectivity index (χ0v) is 15.9. The summed E-state index contributed by atoms with van der Waals surface area (Å²) in [6.07, 6.45) is 3.61. The Morgan fingerprint density at radius 2 is 2.00 bits per heavy atom. The molecular formula is C17H24N4O3S. The van der Waals surface area contributed by atoms with Crippen molar-refractivity contribution in [1.29, 1.82) is 0 Å². The fourth-order valence-corrected chi connectivity index (χ4v) is 3.16. The lowest BCUT2D eigenvalue weighted by atomic mass is 10.3. The molecule has 136 valence electrons. The third kappa shape index (κ3) is 4.88. The van der Waals surface area contributed by atoms with Gasteiger partial charge >= 0.3 is 0 Å². The van der Waals surface area contributed by atoms with Crippen molar-refractivity contribution in [3.05, 3.63) is 36.0 Å². The van der Waals surface area contributed by atoms with Gasteiger partial charge < -0.3 is 18.8 Å². The van der Waals surface area contributed by atoms with Crippen molar-refractivity contribution in [1.82, 2.24) is 19.4 Å². The second-order valence-corrected chi connectivity index (χ2v) is 6.55. The van der Waals surface area contributed by atoms with Gasteiger partial charge in [0.1, 0.15) is 5.76 Å². The predicted molar refractivity (Wildman–Crippen MR) is 96.4 cm³/mol. The molecule has 0 aromatic carbocycles. The number of hydrogen-bond donors (Lipinski definition) is 0. The number of aromatic nitrogens is 2. The number of imidazole rings is 1. The molecule has 25 heavy (non-hydrogen) atoms. The van der Waals surface area contributed by atoms with Crippen LogP contribution < -0.4 is 0 Å². The molecule has 2 aromatic rings. The van der Waals surface area contributed by atoms with E-state index in [-0.39, 0.29) is 24.1 Å². The highest BCUT2D eigenvalue weighted by Crippen LogP contribution is 2.22. The average Bonchev–Trinajstić information content (AvgIpc) is 3.22. The van der Waals surface area contributed by atoms with Crippen LogP contribution in [-0.2, 0) is 17.6 Å². The maximum absolute atomic E-state index is 12.4. The van der Waals surface area contributed by atoms with Crippen LogP contribution >= 0.6 is 11.8 Å². The van der Waals surface area contributed by atoms with Crippen LogP contribution in [0.3, 0.4) is 0 Å². The van der Waals surface area contributed by atoms with Crippen LogP contribution in [0, 0.1) is 0 Å². The van der Waals surface area contributed by atoms with E-state index in [1.54, 1.807) is 30.3 Å². The Kier molecular flexibility index (Phi) is 6.69. The molecule has 0 bridgehead atoms. The fourth-order valence-electron chi connectivity index (χ4n) is 2.34. The summed E-state index contributed by atoms with van der Waals surface area (Å²) in [6, 6.07) is 3.43. The second-order valence-electron chi connectivity index (χ2n) is 5.60. The molecule has 0 atom stereocenters. The van der Waals surface area contributed by atoms with Crippen molar-refractivity contribution in [3.63, 3.8) is 0 Å². The van der Waals surface area contributed by atoms with Crippen LogP contribution in [0.1, 0.15) is 30.2 Å². The Hall–Kier alpha value is -2.22. The Morgan fingerprint density at radius 1 is 1.28 bits per heavy atom. The van der Waals surface area contributed by atoms with E-state index < -0.39 is 0 Å². The maximum atomic E-state index is 12.4. The number of nitrogens with zero attached hydrogens (tertiary/aromatic N) is 4. The minimum Gasteiger partial charge on any atom is -0.455 e. The van der Waals surface area contributed by atoms with Gasteiger partial charge in [0.25, 0.3) is 5.91 Å². The molecule has 0 N–H and O–H groups in total. The molecule has 0 aliphatic rings. The van der Waals surface area contributed by atoms with Gasteiger partial charge in [0.15, 0.2) is 10.9 Å². The zero-order chi connectivity index (χ0) is 18.4. The van der Waals surface area contributed by atoms with Gasteiger partial charge in [-0.3, -0.25) is 9.59 Å². The number of carbonyl (C=O) groups is 2. The van der Waals surface area contributed by atoms with Crippen LogP contribution in [0.2, 0.25) is 0 Å². The minimum atomic E-state index is -0.297. The third-order valence-corrected chi connectivity index (χ3v) is 4.91. The highest BCUT2D eigenvalue weighted by Gasteiger charge is 2.20. The van der Waals surface area contributed by atoms with E-state index in [2.05, 4.69) is 4.98 Å². The smallest absolute Gasteiger partial charge is 0.289 e. The Balaban J connectivity index is 1.92. The first-order valence-electron chi connectivity index (χ1n) is 8.18. The maximum Gasteiger partial charge on any atom is 0.289 e. The molecule has 7 nitrogen and oxygen atoms in total. The summed E-state index contributed by atoms with van der Waals surface area (Å²) in [5.41, 5.74) is 0. The summed E-state index contributed by atoms with van der Waals surface area (Å²) in [7, 11) is 3.53. The van der Waals surface area contributed by atoms with Crippen molar-refractivity contribution in [2.45, 2.75) is 24.8 Å². The molecule has 2 heterocycles. The number of likely N-dealkylation sites (N-methyl/N-ethyl adjacent to an activating group) is 2. The van der Waals surface area contributed by atoms with Gasteiger partial charge in [0, 0.05) is 39.6 Å². The Bertz CT molecular complexity index is 721. The van der Waals surface area contributed by atoms with Gasteiger partial charge in [-0.1, -0.05) is 11.8 Å². The van der Waals surface area contributed by atoms with Crippen molar-refractivity contribution in [3.8, 4) is 0 Å². The summed E-state index contributed by atoms with van der Waals surface area (Å²) in [4.78, 5) is 31.8. The number of carbonyl (C=O) groups excluding carboxylic acids is 2. The van der Waals surface area contributed by atoms with E-state index in [0.717, 1.165) is 5.16 Å². The van der Waals surface area contributed by atoms with E-state index >= 15 is 0 Å². The lowest BCUT2D eigenvalue weighted by Gasteiger charge is -2.22. The van der Waals surface area contributed by atoms with Crippen molar-refractivity contribution >= 4 is 23.6 Å². The number of thioether (sulfide) groups is 1. The third-order valence-electron chi connectivity index (χ3n) is 3.83. The molecule has 0 radical (unpaired) electrons. The van der Waals surface area contributed by atoms with E-state index in [9.17, 15) is 9.59 Å². The predicted octanol–water partition coefficient (Wildman–Crippen LogP) is 2.25. The summed E-state index contributed by atoms with van der Waals surface area (Å²) >= 11 is 1.53. The van der Waals surface area contributed by atoms with E-state index in [0.29, 0.717) is 24.6 Å². The summed E-state index contributed by atoms with van der Waals surface area (Å²) < 4.78 is 7.55. The molecule has 2 amide bonds. The van der Waals surface area contributed by atoms with Gasteiger partial charge in [-0.05, 0) is 26.0 Å². The van der Waals surface area contributed by atoms with Crippen LogP contribution in [0.4, 0.5) is 0 Å². The normalized spacial score (nSPS) is 10.7. The van der Waals surface area contributed by atoms with Crippen LogP contribution in [0.5, 0.6) is 0 Å². The molecule has 8 heteroatoms. The Morgan fingerprint density at radius 3 is 2.60 bits per heavy atom. The largest absolute Gasteiger partial charge is 0.455 e. The van der Waals surface area contributed by atoms with E-state index in [4.69, 9.17) is 4.42 Å². The van der Waals surface area contributed by atoms with Crippen LogP contribution in [0.25, 0.3) is 0 Å². The highest BCUT2D eigenvalue weighted by molar-refractivity contribution is 7.98. The number of hydrogen-bond acceptors (Lipinski definition) is 5. The SMILES string of the molecule is CCN(CC)C(=O)CN(C)C(=O)c1ccc(CSc2nccn2C)o1. The molecule has 0 fully saturated rings. The molecule has 2 aromatic heterocycles. The topological polar surface area (TPSA) is 71.6 Å². The van der Waals surface area contributed by atoms with Crippen LogP contribution in [-0.4, -0.2) is 57.8 Å². The summed E-state index contributed by atoms with van der Waals surface area (Å²) in [5, 5.41) is 0.881. The first kappa shape index (κ1) is 19.1. The monoisotopic (exact) mass is 364 g/mol. The number of furan rings is 1.